The van der Waals surface area contributed by atoms with E-state index in [1.54, 1.807) is 18.5 Å². The maximum atomic E-state index is 12.3. The number of hydrogen-bond acceptors (Lipinski definition) is 3. The van der Waals surface area contributed by atoms with Gasteiger partial charge >= 0.3 is 0 Å². The van der Waals surface area contributed by atoms with Gasteiger partial charge in [-0.25, -0.2) is 0 Å². The summed E-state index contributed by atoms with van der Waals surface area (Å²) in [4.78, 5) is 16.3. The number of nitrogens with one attached hydrogen (secondary N) is 1. The number of hydrogen-bond donors (Lipinski definition) is 2. The Morgan fingerprint density at radius 3 is 2.90 bits per heavy atom. The van der Waals surface area contributed by atoms with Crippen LogP contribution in [-0.4, -0.2) is 28.6 Å². The van der Waals surface area contributed by atoms with Crippen molar-refractivity contribution in [3.05, 3.63) is 29.6 Å². The van der Waals surface area contributed by atoms with Crippen LogP contribution >= 0.6 is 0 Å². The molecule has 0 aromatic carbocycles. The molecule has 0 saturated heterocycles. The molecule has 2 rings (SSSR count). The van der Waals surface area contributed by atoms with Crippen molar-refractivity contribution in [1.29, 1.82) is 0 Å². The SMILES string of the molecule is CC(NC(=O)c1cncc(C#CCO)c1)C1CCCCC1. The topological polar surface area (TPSA) is 62.2 Å². The van der Waals surface area contributed by atoms with E-state index in [4.69, 9.17) is 5.11 Å². The van der Waals surface area contributed by atoms with Gasteiger partial charge in [0.25, 0.3) is 5.91 Å². The highest BCUT2D eigenvalue weighted by Crippen LogP contribution is 2.26. The van der Waals surface area contributed by atoms with Gasteiger partial charge in [0.15, 0.2) is 0 Å². The third kappa shape index (κ3) is 4.57. The van der Waals surface area contributed by atoms with Gasteiger partial charge in [-0.1, -0.05) is 31.1 Å². The molecule has 0 bridgehead atoms. The number of amides is 1. The fourth-order valence-corrected chi connectivity index (χ4v) is 2.82. The highest BCUT2D eigenvalue weighted by molar-refractivity contribution is 5.94. The van der Waals surface area contributed by atoms with Crippen molar-refractivity contribution >= 4 is 5.91 Å². The molecule has 21 heavy (non-hydrogen) atoms. The van der Waals surface area contributed by atoms with Crippen LogP contribution in [0.3, 0.4) is 0 Å². The lowest BCUT2D eigenvalue weighted by molar-refractivity contribution is 0.0919. The molecule has 0 spiro atoms. The highest BCUT2D eigenvalue weighted by Gasteiger charge is 2.21. The molecular formula is C17H22N2O2. The minimum atomic E-state index is -0.199. The first-order valence-corrected chi connectivity index (χ1v) is 7.56. The molecule has 1 fully saturated rings. The summed E-state index contributed by atoms with van der Waals surface area (Å²) in [6, 6.07) is 1.89. The number of carbonyl (C=O) groups excluding carboxylic acids is 1. The molecule has 1 atom stereocenters. The van der Waals surface area contributed by atoms with Crippen molar-refractivity contribution in [2.24, 2.45) is 5.92 Å². The lowest BCUT2D eigenvalue weighted by Gasteiger charge is -2.28. The fraction of sp³-hybridized carbons (Fsp3) is 0.529. The van der Waals surface area contributed by atoms with Crippen molar-refractivity contribution in [2.45, 2.75) is 45.1 Å². The average molecular weight is 286 g/mol. The van der Waals surface area contributed by atoms with E-state index >= 15 is 0 Å². The number of nitrogens with zero attached hydrogens (tertiary/aromatic N) is 1. The summed E-state index contributed by atoms with van der Waals surface area (Å²) >= 11 is 0. The second-order valence-electron chi connectivity index (χ2n) is 5.58. The Bertz CT molecular complexity index is 539. The Kier molecular flexibility index (Phi) is 5.77. The summed E-state index contributed by atoms with van der Waals surface area (Å²) in [7, 11) is 0. The predicted octanol–water partition coefficient (Wildman–Crippen LogP) is 2.12. The monoisotopic (exact) mass is 286 g/mol. The van der Waals surface area contributed by atoms with Crippen LogP contribution in [0.1, 0.15) is 54.9 Å². The maximum Gasteiger partial charge on any atom is 0.253 e. The standard InChI is InChI=1S/C17H22N2O2/c1-13(15-7-3-2-4-8-15)19-17(21)16-10-14(6-5-9-20)11-18-12-16/h10-13,15,20H,2-4,7-9H2,1H3,(H,19,21). The van der Waals surface area contributed by atoms with Gasteiger partial charge in [0, 0.05) is 24.0 Å². The molecular weight excluding hydrogens is 264 g/mol. The second kappa shape index (κ2) is 7.80. The van der Waals surface area contributed by atoms with E-state index in [-0.39, 0.29) is 18.6 Å². The van der Waals surface area contributed by atoms with Crippen LogP contribution in [0, 0.1) is 17.8 Å². The zero-order valence-electron chi connectivity index (χ0n) is 12.4. The zero-order valence-corrected chi connectivity index (χ0v) is 12.4. The first kappa shape index (κ1) is 15.5. The van der Waals surface area contributed by atoms with Crippen LogP contribution < -0.4 is 5.32 Å². The van der Waals surface area contributed by atoms with E-state index in [1.165, 1.54) is 32.1 Å². The first-order valence-electron chi connectivity index (χ1n) is 7.56. The number of aliphatic hydroxyl groups excluding tert-OH is 1. The molecule has 1 aliphatic carbocycles. The van der Waals surface area contributed by atoms with E-state index in [0.29, 0.717) is 17.0 Å². The van der Waals surface area contributed by atoms with Crippen LogP contribution in [0.2, 0.25) is 0 Å². The molecule has 112 valence electrons. The summed E-state index contributed by atoms with van der Waals surface area (Å²) in [5.41, 5.74) is 1.16. The molecule has 1 saturated carbocycles. The van der Waals surface area contributed by atoms with Crippen LogP contribution in [0.5, 0.6) is 0 Å². The van der Waals surface area contributed by atoms with E-state index < -0.39 is 0 Å². The molecule has 4 nitrogen and oxygen atoms in total. The lowest BCUT2D eigenvalue weighted by Crippen LogP contribution is -2.38. The zero-order chi connectivity index (χ0) is 15.1. The third-order valence-corrected chi connectivity index (χ3v) is 4.03. The smallest absolute Gasteiger partial charge is 0.253 e. The van der Waals surface area contributed by atoms with Crippen LogP contribution in [0.4, 0.5) is 0 Å². The Labute approximate surface area is 126 Å². The Morgan fingerprint density at radius 2 is 2.19 bits per heavy atom. The molecule has 1 aromatic rings. The van der Waals surface area contributed by atoms with Crippen LogP contribution in [-0.2, 0) is 0 Å². The molecule has 4 heteroatoms. The number of aromatic nitrogens is 1. The lowest BCUT2D eigenvalue weighted by atomic mass is 9.84. The summed E-state index contributed by atoms with van der Waals surface area (Å²) in [6.45, 7) is 1.88. The molecule has 0 radical (unpaired) electrons. The second-order valence-corrected chi connectivity index (χ2v) is 5.58. The van der Waals surface area contributed by atoms with Gasteiger partial charge in [-0.2, -0.15) is 0 Å². The normalized spacial score (nSPS) is 16.7. The molecule has 0 aliphatic heterocycles. The molecule has 2 N–H and O–H groups in total. The van der Waals surface area contributed by atoms with Gasteiger partial charge in [-0.15, -0.1) is 0 Å². The van der Waals surface area contributed by atoms with Crippen molar-refractivity contribution < 1.29 is 9.90 Å². The van der Waals surface area contributed by atoms with Gasteiger partial charge in [0.1, 0.15) is 6.61 Å². The van der Waals surface area contributed by atoms with E-state index in [1.807, 2.05) is 0 Å². The summed E-state index contributed by atoms with van der Waals surface area (Å²) in [5, 5.41) is 11.8. The Morgan fingerprint density at radius 1 is 1.43 bits per heavy atom. The quantitative estimate of drug-likeness (QED) is 0.837. The minimum Gasteiger partial charge on any atom is -0.384 e. The summed E-state index contributed by atoms with van der Waals surface area (Å²) < 4.78 is 0. The molecule has 1 aliphatic rings. The summed E-state index contributed by atoms with van der Waals surface area (Å²) in [6.07, 6.45) is 9.37. The third-order valence-electron chi connectivity index (χ3n) is 4.03. The van der Waals surface area contributed by atoms with Crippen molar-refractivity contribution in [3.8, 4) is 11.8 Å². The Hall–Kier alpha value is -1.86. The van der Waals surface area contributed by atoms with E-state index in [0.717, 1.165) is 0 Å². The van der Waals surface area contributed by atoms with Crippen molar-refractivity contribution in [3.63, 3.8) is 0 Å². The maximum absolute atomic E-state index is 12.3. The van der Waals surface area contributed by atoms with E-state index in [9.17, 15) is 4.79 Å². The van der Waals surface area contributed by atoms with Gasteiger partial charge in [0.05, 0.1) is 5.56 Å². The number of carbonyl (C=O) groups is 1. The minimum absolute atomic E-state index is 0.103. The molecule has 1 heterocycles. The predicted molar refractivity (Wildman–Crippen MR) is 81.7 cm³/mol. The van der Waals surface area contributed by atoms with Gasteiger partial charge in [-0.3, -0.25) is 9.78 Å². The average Bonchev–Trinajstić information content (AvgIpc) is 2.54. The first-order chi connectivity index (χ1) is 10.2. The van der Waals surface area contributed by atoms with Crippen molar-refractivity contribution in [2.75, 3.05) is 6.61 Å². The van der Waals surface area contributed by atoms with Gasteiger partial charge < -0.3 is 10.4 Å². The number of pyridine rings is 1. The summed E-state index contributed by atoms with van der Waals surface area (Å²) in [5.74, 6) is 5.79. The number of aliphatic hydroxyl groups is 1. The fourth-order valence-electron chi connectivity index (χ4n) is 2.82. The van der Waals surface area contributed by atoms with E-state index in [2.05, 4.69) is 29.1 Å². The molecule has 1 amide bonds. The highest BCUT2D eigenvalue weighted by atomic mass is 16.2. The van der Waals surface area contributed by atoms with Crippen molar-refractivity contribution in [1.82, 2.24) is 10.3 Å². The van der Waals surface area contributed by atoms with Crippen LogP contribution in [0.25, 0.3) is 0 Å². The van der Waals surface area contributed by atoms with Crippen LogP contribution in [0.15, 0.2) is 18.5 Å². The van der Waals surface area contributed by atoms with Gasteiger partial charge in [-0.05, 0) is 31.7 Å². The largest absolute Gasteiger partial charge is 0.384 e. The number of rotatable bonds is 3. The Balaban J connectivity index is 1.99. The van der Waals surface area contributed by atoms with Gasteiger partial charge in [0.2, 0.25) is 0 Å². The molecule has 1 aromatic heterocycles. The molecule has 1 unspecified atom stereocenters.